The average Bonchev–Trinajstić information content (AvgIpc) is 3.11. The number of rotatable bonds is 8. The van der Waals surface area contributed by atoms with E-state index < -0.39 is 0 Å². The molecule has 2 unspecified atom stereocenters. The molecule has 4 aliphatic carbocycles. The van der Waals surface area contributed by atoms with Crippen molar-refractivity contribution >= 4 is 0 Å². The van der Waals surface area contributed by atoms with Crippen molar-refractivity contribution in [3.8, 4) is 0 Å². The Morgan fingerprint density at radius 3 is 2.26 bits per heavy atom. The predicted octanol–water partition coefficient (Wildman–Crippen LogP) is 8.10. The SMILES string of the molecule is COC(OC)C(C)CCC[C@@H](C)[C@H]1CC[C@H]2[C@@H]3CCC4CCCC[C@]4(C)[C@H]3CC[C@]12C. The highest BCUT2D eigenvalue weighted by molar-refractivity contribution is 5.09. The van der Waals surface area contributed by atoms with Crippen LogP contribution in [0, 0.1) is 52.3 Å². The van der Waals surface area contributed by atoms with Gasteiger partial charge in [0.25, 0.3) is 0 Å². The molecule has 180 valence electrons. The molecular formula is C29H52O2. The summed E-state index contributed by atoms with van der Waals surface area (Å²) in [7, 11) is 3.54. The van der Waals surface area contributed by atoms with Gasteiger partial charge < -0.3 is 9.47 Å². The van der Waals surface area contributed by atoms with Crippen LogP contribution in [0.3, 0.4) is 0 Å². The van der Waals surface area contributed by atoms with Gasteiger partial charge in [0.2, 0.25) is 0 Å². The molecule has 0 aromatic rings. The summed E-state index contributed by atoms with van der Waals surface area (Å²) >= 11 is 0. The third-order valence-corrected chi connectivity index (χ3v) is 11.6. The van der Waals surface area contributed by atoms with E-state index >= 15 is 0 Å². The molecule has 4 aliphatic rings. The monoisotopic (exact) mass is 432 g/mol. The van der Waals surface area contributed by atoms with Crippen molar-refractivity contribution in [2.75, 3.05) is 14.2 Å². The van der Waals surface area contributed by atoms with Crippen LogP contribution in [0.25, 0.3) is 0 Å². The first-order valence-electron chi connectivity index (χ1n) is 13.9. The second-order valence-electron chi connectivity index (χ2n) is 12.9. The van der Waals surface area contributed by atoms with Gasteiger partial charge in [-0.15, -0.1) is 0 Å². The fourth-order valence-electron chi connectivity index (χ4n) is 9.93. The van der Waals surface area contributed by atoms with Crippen LogP contribution in [0.5, 0.6) is 0 Å². The van der Waals surface area contributed by atoms with Crippen molar-refractivity contribution in [1.29, 1.82) is 0 Å². The van der Waals surface area contributed by atoms with Crippen LogP contribution in [0.15, 0.2) is 0 Å². The lowest BCUT2D eigenvalue weighted by atomic mass is 9.44. The van der Waals surface area contributed by atoms with Crippen LogP contribution >= 0.6 is 0 Å². The van der Waals surface area contributed by atoms with Gasteiger partial charge >= 0.3 is 0 Å². The maximum atomic E-state index is 5.48. The highest BCUT2D eigenvalue weighted by atomic mass is 16.7. The lowest BCUT2D eigenvalue weighted by Gasteiger charge is -2.61. The van der Waals surface area contributed by atoms with E-state index in [0.29, 0.717) is 16.7 Å². The largest absolute Gasteiger partial charge is 0.356 e. The first-order valence-corrected chi connectivity index (χ1v) is 13.9. The standard InChI is InChI=1S/C29H52O2/c1-20(10-9-11-21(2)27(30-5)31-6)24-15-16-25-23-14-13-22-12-7-8-18-28(22,3)26(23)17-19-29(24,25)4/h20-27H,7-19H2,1-6H3/t20-,21?,22?,23+,24-,25+,26+,28+,29-/m1/s1. The molecule has 0 aromatic heterocycles. The van der Waals surface area contributed by atoms with Gasteiger partial charge in [-0.05, 0) is 104 Å². The summed E-state index contributed by atoms with van der Waals surface area (Å²) in [6, 6.07) is 0. The summed E-state index contributed by atoms with van der Waals surface area (Å²) in [5.41, 5.74) is 1.30. The smallest absolute Gasteiger partial charge is 0.159 e. The Kier molecular flexibility index (Phi) is 7.49. The molecule has 0 aliphatic heterocycles. The lowest BCUT2D eigenvalue weighted by molar-refractivity contribution is -0.135. The van der Waals surface area contributed by atoms with E-state index in [-0.39, 0.29) is 6.29 Å². The van der Waals surface area contributed by atoms with Crippen LogP contribution < -0.4 is 0 Å². The van der Waals surface area contributed by atoms with Crippen LogP contribution in [0.2, 0.25) is 0 Å². The molecule has 0 aromatic carbocycles. The molecule has 31 heavy (non-hydrogen) atoms. The fourth-order valence-corrected chi connectivity index (χ4v) is 9.93. The highest BCUT2D eigenvalue weighted by Crippen LogP contribution is 2.68. The van der Waals surface area contributed by atoms with Crippen molar-refractivity contribution in [1.82, 2.24) is 0 Å². The topological polar surface area (TPSA) is 18.5 Å². The van der Waals surface area contributed by atoms with E-state index in [4.69, 9.17) is 9.47 Å². The molecule has 4 fully saturated rings. The molecule has 0 bridgehead atoms. The van der Waals surface area contributed by atoms with Crippen molar-refractivity contribution in [2.24, 2.45) is 52.3 Å². The third kappa shape index (κ3) is 4.27. The van der Waals surface area contributed by atoms with Gasteiger partial charge in [-0.25, -0.2) is 0 Å². The molecule has 4 rings (SSSR count). The number of hydrogen-bond acceptors (Lipinski definition) is 2. The molecule has 0 radical (unpaired) electrons. The summed E-state index contributed by atoms with van der Waals surface area (Å²) in [6.07, 6.45) is 19.1. The molecule has 2 nitrogen and oxygen atoms in total. The Labute approximate surface area is 193 Å². The minimum atomic E-state index is -0.0461. The molecule has 0 amide bonds. The maximum absolute atomic E-state index is 5.48. The Morgan fingerprint density at radius 1 is 0.774 bits per heavy atom. The predicted molar refractivity (Wildman–Crippen MR) is 130 cm³/mol. The Hall–Kier alpha value is -0.0800. The molecule has 0 N–H and O–H groups in total. The molecule has 4 saturated carbocycles. The number of fused-ring (bicyclic) bond motifs is 5. The van der Waals surface area contributed by atoms with Crippen molar-refractivity contribution in [2.45, 2.75) is 117 Å². The molecular weight excluding hydrogens is 380 g/mol. The van der Waals surface area contributed by atoms with Gasteiger partial charge in [-0.2, -0.15) is 0 Å². The minimum absolute atomic E-state index is 0.0461. The fraction of sp³-hybridized carbons (Fsp3) is 1.00. The van der Waals surface area contributed by atoms with Gasteiger partial charge in [-0.3, -0.25) is 0 Å². The van der Waals surface area contributed by atoms with E-state index in [9.17, 15) is 0 Å². The number of hydrogen-bond donors (Lipinski definition) is 0. The molecule has 0 spiro atoms. The van der Waals surface area contributed by atoms with Gasteiger partial charge in [0.15, 0.2) is 6.29 Å². The Morgan fingerprint density at radius 2 is 1.52 bits per heavy atom. The van der Waals surface area contributed by atoms with Gasteiger partial charge in [0, 0.05) is 20.1 Å². The van der Waals surface area contributed by atoms with E-state index in [1.54, 1.807) is 27.1 Å². The number of methoxy groups -OCH3 is 2. The van der Waals surface area contributed by atoms with E-state index in [0.717, 1.165) is 35.5 Å². The summed E-state index contributed by atoms with van der Waals surface area (Å²) in [4.78, 5) is 0. The average molecular weight is 433 g/mol. The van der Waals surface area contributed by atoms with E-state index in [1.165, 1.54) is 70.6 Å². The first kappa shape index (κ1) is 24.1. The molecule has 0 heterocycles. The van der Waals surface area contributed by atoms with E-state index in [1.807, 2.05) is 0 Å². The van der Waals surface area contributed by atoms with E-state index in [2.05, 4.69) is 27.7 Å². The van der Waals surface area contributed by atoms with Crippen LogP contribution in [0.4, 0.5) is 0 Å². The normalized spacial score (nSPS) is 44.4. The second-order valence-corrected chi connectivity index (χ2v) is 12.9. The highest BCUT2D eigenvalue weighted by Gasteiger charge is 2.60. The Bertz CT molecular complexity index is 585. The van der Waals surface area contributed by atoms with Gasteiger partial charge in [0.1, 0.15) is 0 Å². The molecule has 0 saturated heterocycles. The summed E-state index contributed by atoms with van der Waals surface area (Å²) in [5.74, 6) is 6.45. The maximum Gasteiger partial charge on any atom is 0.159 e. The second kappa shape index (κ2) is 9.65. The zero-order valence-electron chi connectivity index (χ0n) is 21.6. The zero-order valence-corrected chi connectivity index (χ0v) is 21.6. The summed E-state index contributed by atoms with van der Waals surface area (Å²) in [5, 5.41) is 0. The molecule has 2 heteroatoms. The zero-order chi connectivity index (χ0) is 22.2. The molecule has 9 atom stereocenters. The Balaban J connectivity index is 1.37. The van der Waals surface area contributed by atoms with Crippen molar-refractivity contribution in [3.63, 3.8) is 0 Å². The first-order chi connectivity index (χ1) is 14.8. The van der Waals surface area contributed by atoms with Crippen LogP contribution in [0.1, 0.15) is 111 Å². The number of ether oxygens (including phenoxy) is 2. The van der Waals surface area contributed by atoms with Crippen molar-refractivity contribution in [3.05, 3.63) is 0 Å². The quantitative estimate of drug-likeness (QED) is 0.361. The van der Waals surface area contributed by atoms with Crippen LogP contribution in [-0.4, -0.2) is 20.5 Å². The summed E-state index contributed by atoms with van der Waals surface area (Å²) in [6.45, 7) is 10.3. The minimum Gasteiger partial charge on any atom is -0.356 e. The van der Waals surface area contributed by atoms with Gasteiger partial charge in [-0.1, -0.05) is 53.4 Å². The van der Waals surface area contributed by atoms with Crippen molar-refractivity contribution < 1.29 is 9.47 Å². The summed E-state index contributed by atoms with van der Waals surface area (Å²) < 4.78 is 11.0. The lowest BCUT2D eigenvalue weighted by Crippen LogP contribution is -2.53. The third-order valence-electron chi connectivity index (χ3n) is 11.6. The van der Waals surface area contributed by atoms with Gasteiger partial charge in [0.05, 0.1) is 0 Å². The van der Waals surface area contributed by atoms with Crippen LogP contribution in [-0.2, 0) is 9.47 Å².